The van der Waals surface area contributed by atoms with Crippen molar-refractivity contribution in [2.24, 2.45) is 17.8 Å². The second-order valence-electron chi connectivity index (χ2n) is 37.6. The molecule has 6 aliphatic rings. The summed E-state index contributed by atoms with van der Waals surface area (Å²) in [6.07, 6.45) is 25.0. The average Bonchev–Trinajstić information content (AvgIpc) is 1.82. The third-order valence-corrected chi connectivity index (χ3v) is 26.5. The fourth-order valence-electron chi connectivity index (χ4n) is 16.6. The molecule has 0 bridgehead atoms. The zero-order valence-electron chi connectivity index (χ0n) is 85.6. The molecule has 6 saturated heterocycles. The number of aryl methyl sites for hydroxylation is 10. The predicted molar refractivity (Wildman–Crippen MR) is 563 cm³/mol. The van der Waals surface area contributed by atoms with Crippen LogP contribution in [0.3, 0.4) is 0 Å². The van der Waals surface area contributed by atoms with Gasteiger partial charge in [-0.25, -0.2) is 39.9 Å². The first-order valence-electron chi connectivity index (χ1n) is 50.7. The molecule has 30 nitrogen and oxygen atoms in total. The number of carbonyl (C=O) groups is 6. The summed E-state index contributed by atoms with van der Waals surface area (Å²) in [6.45, 7) is 29.8. The summed E-state index contributed by atoms with van der Waals surface area (Å²) >= 11 is 3.01. The van der Waals surface area contributed by atoms with Gasteiger partial charge in [0, 0.05) is 236 Å². The molecule has 6 fully saturated rings. The van der Waals surface area contributed by atoms with Crippen LogP contribution in [0.5, 0.6) is 34.5 Å². The van der Waals surface area contributed by atoms with Crippen LogP contribution >= 0.6 is 22.7 Å². The minimum Gasteiger partial charge on any atom is -0.493 e. The molecule has 3 atom stereocenters. The minimum atomic E-state index is -0.0591. The van der Waals surface area contributed by atoms with E-state index in [2.05, 4.69) is 59.8 Å². The molecule has 12 aromatic rings. The third kappa shape index (κ3) is 40.2. The van der Waals surface area contributed by atoms with Crippen LogP contribution in [-0.4, -0.2) is 212 Å². The molecule has 0 saturated carbocycles. The molecule has 0 aromatic carbocycles. The van der Waals surface area contributed by atoms with E-state index in [1.54, 1.807) is 61.2 Å². The molecule has 0 amide bonds. The quantitative estimate of drug-likeness (QED) is 0.0329. The number of aromatic nitrogens is 12. The van der Waals surface area contributed by atoms with Crippen molar-refractivity contribution < 1.29 is 85.6 Å². The molecule has 0 radical (unpaired) electrons. The topological polar surface area (TPSA) is 368 Å². The Kier molecular flexibility index (Phi) is 46.1. The Morgan fingerprint density at radius 1 is 0.279 bits per heavy atom. The lowest BCUT2D eigenvalue weighted by Gasteiger charge is -2.22. The second-order valence-corrected chi connectivity index (χ2v) is 39.5. The smallest absolute Gasteiger partial charge is 0.188 e. The minimum absolute atomic E-state index is 0. The molecular weight excluding hydrogens is 1900 g/mol. The highest BCUT2D eigenvalue weighted by Crippen LogP contribution is 2.29. The highest BCUT2D eigenvalue weighted by atomic mass is 32.1. The van der Waals surface area contributed by atoms with E-state index in [-0.39, 0.29) is 99.0 Å². The zero-order chi connectivity index (χ0) is 103. The van der Waals surface area contributed by atoms with E-state index in [1.807, 2.05) is 177 Å². The lowest BCUT2D eigenvalue weighted by molar-refractivity contribution is -0.0111. The maximum atomic E-state index is 12.5. The standard InChI is InChI=1S/2C20H24N2O3.2C19H22N2O3.2C18H22N2O3S.CH4/c1-14-3-4-17(21-12-14)10-20(23)19-11-18(9-15(2)22-19)25-13-16-5-7-24-8-6-16;1-14-6-7-16(21-12-14)10-20(23)19-11-18(9-15(2)22-19)25-13-17-5-3-4-8-24-17;1-14-10-17(24-13-16-7-3-5-9-23-16)12-18(21-14)19(22)11-15-6-2-4-8-20-15;1-14-10-17(24-13-15-5-8-23-9-6-15)12-18(21-14)19(22)11-16-4-2-3-7-20-16;1-12-7-15(23-10-14-3-5-22-6-4-14)8-16(19-12)17(21)9-18-20-13(2)11-24-18;1-12-7-15(23-10-14-5-3-4-6-22-14)8-16(19-12)17(21)9-18-20-13(2)11-24-18;/h3-4,9,11-12,16H,5-8,10,13H2,1-2H3;6-7,9,11-12,17H,3-5,8,10,13H2,1-2H3;2,4,6,8,10,12,16H,3,5,7,9,11,13H2,1H3;2-4,7,10,12,15H,5-6,8-9,11,13H2,1H3;2*7-8,11,14H,3-6,9-10H2,1-2H3;1H4. The molecule has 12 aromatic heterocycles. The first-order valence-corrected chi connectivity index (χ1v) is 52.5. The van der Waals surface area contributed by atoms with E-state index < -0.39 is 0 Å². The molecular formula is C115H140N12O18S2. The van der Waals surface area contributed by atoms with E-state index in [1.165, 1.54) is 41.9 Å². The van der Waals surface area contributed by atoms with Gasteiger partial charge in [0.2, 0.25) is 0 Å². The summed E-state index contributed by atoms with van der Waals surface area (Å²) in [5, 5.41) is 5.55. The van der Waals surface area contributed by atoms with Crippen LogP contribution in [0.4, 0.5) is 0 Å². The first kappa shape index (κ1) is 113. The van der Waals surface area contributed by atoms with Crippen molar-refractivity contribution in [2.45, 2.75) is 230 Å². The van der Waals surface area contributed by atoms with Crippen LogP contribution < -0.4 is 28.4 Å². The Morgan fingerprint density at radius 3 is 0.762 bits per heavy atom. The van der Waals surface area contributed by atoms with Crippen LogP contribution in [0.15, 0.2) is 169 Å². The highest BCUT2D eigenvalue weighted by molar-refractivity contribution is 7.10. The van der Waals surface area contributed by atoms with Crippen molar-refractivity contribution in [2.75, 3.05) is 99.1 Å². The fourth-order valence-corrected chi connectivity index (χ4v) is 18.1. The summed E-state index contributed by atoms with van der Waals surface area (Å²) in [5.41, 5.74) is 14.3. The number of rotatable bonds is 36. The number of ether oxygens (including phenoxy) is 12. The van der Waals surface area contributed by atoms with Crippen molar-refractivity contribution in [3.05, 3.63) is 293 Å². The number of carbonyl (C=O) groups excluding carboxylic acids is 6. The molecule has 32 heteroatoms. The van der Waals surface area contributed by atoms with Gasteiger partial charge in [0.05, 0.1) is 76.7 Å². The first-order chi connectivity index (χ1) is 70.8. The van der Waals surface area contributed by atoms with Gasteiger partial charge < -0.3 is 56.8 Å². The maximum Gasteiger partial charge on any atom is 0.188 e. The molecule has 18 heterocycles. The molecule has 780 valence electrons. The molecule has 6 aliphatic heterocycles. The van der Waals surface area contributed by atoms with Gasteiger partial charge >= 0.3 is 0 Å². The Balaban J connectivity index is 0.000000157. The van der Waals surface area contributed by atoms with E-state index in [4.69, 9.17) is 56.8 Å². The molecule has 0 N–H and O–H groups in total. The van der Waals surface area contributed by atoms with E-state index in [9.17, 15) is 28.8 Å². The third-order valence-electron chi connectivity index (χ3n) is 24.6. The Morgan fingerprint density at radius 2 is 0.537 bits per heavy atom. The summed E-state index contributed by atoms with van der Waals surface area (Å²) in [7, 11) is 0. The van der Waals surface area contributed by atoms with E-state index in [0.717, 1.165) is 226 Å². The van der Waals surface area contributed by atoms with Gasteiger partial charge in [-0.2, -0.15) is 0 Å². The van der Waals surface area contributed by atoms with Gasteiger partial charge in [-0.1, -0.05) is 31.7 Å². The van der Waals surface area contributed by atoms with E-state index in [0.29, 0.717) is 126 Å². The van der Waals surface area contributed by atoms with Crippen molar-refractivity contribution in [1.82, 2.24) is 59.8 Å². The molecule has 147 heavy (non-hydrogen) atoms. The Hall–Kier alpha value is -12.7. The second kappa shape index (κ2) is 60.0. The van der Waals surface area contributed by atoms with Gasteiger partial charge in [-0.15, -0.1) is 22.7 Å². The Bertz CT molecular complexity index is 5770. The van der Waals surface area contributed by atoms with Crippen LogP contribution in [-0.2, 0) is 66.9 Å². The summed E-state index contributed by atoms with van der Waals surface area (Å²) in [4.78, 5) is 127. The van der Waals surface area contributed by atoms with Crippen molar-refractivity contribution in [3.63, 3.8) is 0 Å². The number of pyridine rings is 10. The van der Waals surface area contributed by atoms with Crippen molar-refractivity contribution >= 4 is 57.4 Å². The van der Waals surface area contributed by atoms with Crippen molar-refractivity contribution in [1.29, 1.82) is 0 Å². The number of Topliss-reactive ketones (excluding diaryl/α,β-unsaturated/α-hetero) is 6. The molecule has 3 unspecified atom stereocenters. The largest absolute Gasteiger partial charge is 0.493 e. The van der Waals surface area contributed by atoms with Crippen LogP contribution in [0, 0.1) is 87.0 Å². The number of nitrogens with zero attached hydrogens (tertiary/aromatic N) is 12. The number of hydrogen-bond donors (Lipinski definition) is 0. The van der Waals surface area contributed by atoms with Gasteiger partial charge in [0.25, 0.3) is 0 Å². The zero-order valence-corrected chi connectivity index (χ0v) is 87.3. The average molecular weight is 2040 g/mol. The summed E-state index contributed by atoms with van der Waals surface area (Å²) in [5.74, 6) is 5.42. The SMILES string of the molecule is C.Cc1cc(OCC2CCCCO2)cc(C(=O)Cc2ccccn2)n1.Cc1cc(OCC2CCCCO2)cc(C(=O)Cc2nc(C)cs2)n1.Cc1cc(OCC2CCOCC2)cc(C(=O)Cc2ccccn2)n1.Cc1cc(OCC2CCOCC2)cc(C(=O)Cc2nc(C)cs2)n1.Cc1ccc(CC(=O)c2cc(OCC3CCCCO3)cc(C)n2)nc1.Cc1ccc(CC(=O)c2cc(OCC3CCOCC3)cc(C)n2)nc1. The monoisotopic (exact) mass is 2040 g/mol. The van der Waals surface area contributed by atoms with Crippen LogP contribution in [0.1, 0.15) is 256 Å². The number of ketones is 6. The lowest BCUT2D eigenvalue weighted by atomic mass is 10.0. The Labute approximate surface area is 871 Å². The van der Waals surface area contributed by atoms with Gasteiger partial charge in [0.15, 0.2) is 34.7 Å². The number of hydrogen-bond acceptors (Lipinski definition) is 32. The van der Waals surface area contributed by atoms with Gasteiger partial charge in [0.1, 0.15) is 98.5 Å². The van der Waals surface area contributed by atoms with E-state index >= 15 is 0 Å². The van der Waals surface area contributed by atoms with Gasteiger partial charge in [-0.05, 0) is 231 Å². The summed E-state index contributed by atoms with van der Waals surface area (Å²) < 4.78 is 68.4. The highest BCUT2D eigenvalue weighted by Gasteiger charge is 2.26. The van der Waals surface area contributed by atoms with Crippen LogP contribution in [0.25, 0.3) is 0 Å². The molecule has 0 spiro atoms. The number of thiazole rings is 2. The normalized spacial score (nSPS) is 16.2. The van der Waals surface area contributed by atoms with Gasteiger partial charge in [-0.3, -0.25) is 48.7 Å². The molecule has 18 rings (SSSR count). The summed E-state index contributed by atoms with van der Waals surface area (Å²) in [6, 6.07) is 40.3. The maximum absolute atomic E-state index is 12.5. The molecule has 0 aliphatic carbocycles. The fraction of sp³-hybridized carbons (Fsp3) is 0.461. The van der Waals surface area contributed by atoms with Crippen LogP contribution in [0.2, 0.25) is 0 Å². The predicted octanol–water partition coefficient (Wildman–Crippen LogP) is 20.5. The lowest BCUT2D eigenvalue weighted by Crippen LogP contribution is -2.25. The van der Waals surface area contributed by atoms with Crippen molar-refractivity contribution in [3.8, 4) is 34.5 Å².